The van der Waals surface area contributed by atoms with Gasteiger partial charge in [0.25, 0.3) is 0 Å². The van der Waals surface area contributed by atoms with Crippen LogP contribution in [-0.2, 0) is 11.2 Å². The highest BCUT2D eigenvalue weighted by Gasteiger charge is 2.28. The zero-order valence-electron chi connectivity index (χ0n) is 16.3. The van der Waals surface area contributed by atoms with Gasteiger partial charge in [0.2, 0.25) is 5.91 Å². The van der Waals surface area contributed by atoms with E-state index < -0.39 is 0 Å². The number of carbonyl (C=O) groups is 1. The van der Waals surface area contributed by atoms with Crippen LogP contribution in [0.25, 0.3) is 0 Å². The Morgan fingerprint density at radius 2 is 1.89 bits per heavy atom. The largest absolute Gasteiger partial charge is 0.497 e. The van der Waals surface area contributed by atoms with Gasteiger partial charge in [0, 0.05) is 32.1 Å². The van der Waals surface area contributed by atoms with Gasteiger partial charge in [-0.2, -0.15) is 0 Å². The van der Waals surface area contributed by atoms with Crippen LogP contribution < -0.4 is 25.4 Å². The Kier molecular flexibility index (Phi) is 10.9. The van der Waals surface area contributed by atoms with Crippen LogP contribution in [0.15, 0.2) is 23.2 Å². The molecule has 1 saturated carbocycles. The first-order valence-electron chi connectivity index (χ1n) is 9.18. The van der Waals surface area contributed by atoms with E-state index in [2.05, 4.69) is 20.9 Å². The van der Waals surface area contributed by atoms with Gasteiger partial charge in [-0.15, -0.1) is 24.0 Å². The molecule has 27 heavy (non-hydrogen) atoms. The number of nitrogens with zero attached hydrogens (tertiary/aromatic N) is 1. The maximum Gasteiger partial charge on any atom is 0.223 e. The predicted octanol–water partition coefficient (Wildman–Crippen LogP) is 1.95. The second-order valence-corrected chi connectivity index (χ2v) is 6.18. The lowest BCUT2D eigenvalue weighted by Crippen LogP contribution is -2.41. The molecule has 1 fully saturated rings. The second kappa shape index (κ2) is 12.6. The van der Waals surface area contributed by atoms with Crippen LogP contribution in [0, 0.1) is 5.92 Å². The van der Waals surface area contributed by atoms with E-state index in [4.69, 9.17) is 9.47 Å². The molecule has 0 unspecified atom stereocenters. The molecule has 0 atom stereocenters. The molecule has 1 aliphatic carbocycles. The van der Waals surface area contributed by atoms with Crippen molar-refractivity contribution >= 4 is 35.8 Å². The van der Waals surface area contributed by atoms with Crippen LogP contribution in [0.5, 0.6) is 11.5 Å². The van der Waals surface area contributed by atoms with Crippen LogP contribution in [0.2, 0.25) is 0 Å². The lowest BCUT2D eigenvalue weighted by atomic mass is 10.1. The molecule has 0 aliphatic heterocycles. The van der Waals surface area contributed by atoms with Gasteiger partial charge in [0.05, 0.1) is 14.2 Å². The summed E-state index contributed by atoms with van der Waals surface area (Å²) < 4.78 is 10.7. The van der Waals surface area contributed by atoms with Crippen LogP contribution in [0.3, 0.4) is 0 Å². The highest BCUT2D eigenvalue weighted by Crippen LogP contribution is 2.28. The van der Waals surface area contributed by atoms with Gasteiger partial charge in [-0.25, -0.2) is 0 Å². The zero-order chi connectivity index (χ0) is 18.8. The van der Waals surface area contributed by atoms with Crippen molar-refractivity contribution < 1.29 is 14.3 Å². The Bertz CT molecular complexity index is 621. The average Bonchev–Trinajstić information content (AvgIpc) is 3.50. The first-order chi connectivity index (χ1) is 12.7. The second-order valence-electron chi connectivity index (χ2n) is 6.18. The minimum absolute atomic E-state index is 0. The van der Waals surface area contributed by atoms with Gasteiger partial charge in [0.15, 0.2) is 5.96 Å². The fraction of sp³-hybridized carbons (Fsp3) is 0.579. The average molecular weight is 490 g/mol. The minimum atomic E-state index is 0. The van der Waals surface area contributed by atoms with Gasteiger partial charge in [-0.1, -0.05) is 0 Å². The number of benzene rings is 1. The van der Waals surface area contributed by atoms with Gasteiger partial charge in [0.1, 0.15) is 11.5 Å². The Morgan fingerprint density at radius 3 is 2.52 bits per heavy atom. The SMILES string of the molecule is CCNC(=NCCc1cc(OC)ccc1OC)NCCNC(=O)C1CC1.I. The molecule has 7 nitrogen and oxygen atoms in total. The Balaban J connectivity index is 0.00000364. The number of carbonyl (C=O) groups excluding carboxylic acids is 1. The monoisotopic (exact) mass is 490 g/mol. The summed E-state index contributed by atoms with van der Waals surface area (Å²) in [6, 6.07) is 5.76. The van der Waals surface area contributed by atoms with Crippen LogP contribution >= 0.6 is 24.0 Å². The van der Waals surface area contributed by atoms with Crippen LogP contribution in [0.4, 0.5) is 0 Å². The van der Waals surface area contributed by atoms with Crippen LogP contribution in [0.1, 0.15) is 25.3 Å². The molecule has 0 radical (unpaired) electrons. The summed E-state index contributed by atoms with van der Waals surface area (Å²) in [6.45, 7) is 4.67. The lowest BCUT2D eigenvalue weighted by molar-refractivity contribution is -0.122. The topological polar surface area (TPSA) is 84.0 Å². The Hall–Kier alpha value is -1.71. The molecule has 0 heterocycles. The van der Waals surface area contributed by atoms with E-state index in [0.29, 0.717) is 19.6 Å². The van der Waals surface area contributed by atoms with Crippen molar-refractivity contribution in [2.75, 3.05) is 40.4 Å². The molecule has 0 saturated heterocycles. The molecule has 1 aliphatic rings. The van der Waals surface area contributed by atoms with Crippen molar-refractivity contribution in [1.82, 2.24) is 16.0 Å². The molecule has 0 spiro atoms. The van der Waals surface area contributed by atoms with E-state index >= 15 is 0 Å². The van der Waals surface area contributed by atoms with Gasteiger partial charge < -0.3 is 25.4 Å². The maximum absolute atomic E-state index is 11.6. The van der Waals surface area contributed by atoms with Gasteiger partial charge in [-0.3, -0.25) is 9.79 Å². The first-order valence-corrected chi connectivity index (χ1v) is 9.18. The summed E-state index contributed by atoms with van der Waals surface area (Å²) >= 11 is 0. The molecule has 152 valence electrons. The highest BCUT2D eigenvalue weighted by atomic mass is 127. The van der Waals surface area contributed by atoms with Crippen molar-refractivity contribution in [3.63, 3.8) is 0 Å². The summed E-state index contributed by atoms with van der Waals surface area (Å²) in [7, 11) is 3.31. The van der Waals surface area contributed by atoms with Crippen molar-refractivity contribution in [2.45, 2.75) is 26.2 Å². The number of hydrogen-bond acceptors (Lipinski definition) is 4. The Morgan fingerprint density at radius 1 is 1.15 bits per heavy atom. The smallest absolute Gasteiger partial charge is 0.223 e. The fourth-order valence-corrected chi connectivity index (χ4v) is 2.56. The van der Waals surface area contributed by atoms with E-state index in [0.717, 1.165) is 48.8 Å². The van der Waals surface area contributed by atoms with Gasteiger partial charge in [-0.05, 0) is 49.9 Å². The number of guanidine groups is 1. The summed E-state index contributed by atoms with van der Waals surface area (Å²) in [6.07, 6.45) is 2.80. The molecular formula is C19H31IN4O3. The minimum Gasteiger partial charge on any atom is -0.497 e. The highest BCUT2D eigenvalue weighted by molar-refractivity contribution is 14.0. The number of halogens is 1. The molecule has 1 aromatic carbocycles. The van der Waals surface area contributed by atoms with E-state index in [-0.39, 0.29) is 35.8 Å². The Labute approximate surface area is 178 Å². The lowest BCUT2D eigenvalue weighted by Gasteiger charge is -2.13. The molecule has 8 heteroatoms. The molecule has 0 bridgehead atoms. The number of methoxy groups -OCH3 is 2. The van der Waals surface area contributed by atoms with Crippen molar-refractivity contribution in [1.29, 1.82) is 0 Å². The van der Waals surface area contributed by atoms with Crippen molar-refractivity contribution in [3.05, 3.63) is 23.8 Å². The normalized spacial score (nSPS) is 13.4. The molecule has 0 aromatic heterocycles. The zero-order valence-corrected chi connectivity index (χ0v) is 18.7. The molecule has 1 aromatic rings. The third-order valence-corrected chi connectivity index (χ3v) is 4.15. The number of aliphatic imine (C=N–C) groups is 1. The third kappa shape index (κ3) is 8.23. The number of rotatable bonds is 10. The van der Waals surface area contributed by atoms with Gasteiger partial charge >= 0.3 is 0 Å². The fourth-order valence-electron chi connectivity index (χ4n) is 2.56. The number of nitrogens with one attached hydrogen (secondary N) is 3. The summed E-state index contributed by atoms with van der Waals surface area (Å²) in [5, 5.41) is 9.39. The standard InChI is InChI=1S/C19H30N4O3.HI/c1-4-20-19(23-12-11-21-18(24)14-5-6-14)22-10-9-15-13-16(25-2)7-8-17(15)26-3;/h7-8,13-14H,4-6,9-12H2,1-3H3,(H,21,24)(H2,20,22,23);1H. The third-order valence-electron chi connectivity index (χ3n) is 4.15. The van der Waals surface area contributed by atoms with Crippen LogP contribution in [-0.4, -0.2) is 52.3 Å². The van der Waals surface area contributed by atoms with E-state index in [9.17, 15) is 4.79 Å². The number of hydrogen-bond donors (Lipinski definition) is 3. The van der Waals surface area contributed by atoms with E-state index in [1.165, 1.54) is 0 Å². The summed E-state index contributed by atoms with van der Waals surface area (Å²) in [5.74, 6) is 2.80. The maximum atomic E-state index is 11.6. The molecule has 1 amide bonds. The van der Waals surface area contributed by atoms with E-state index in [1.54, 1.807) is 14.2 Å². The molecule has 3 N–H and O–H groups in total. The van der Waals surface area contributed by atoms with Crippen molar-refractivity contribution in [2.24, 2.45) is 10.9 Å². The van der Waals surface area contributed by atoms with E-state index in [1.807, 2.05) is 25.1 Å². The number of amides is 1. The summed E-state index contributed by atoms with van der Waals surface area (Å²) in [4.78, 5) is 16.2. The van der Waals surface area contributed by atoms with Crippen molar-refractivity contribution in [3.8, 4) is 11.5 Å². The molecule has 2 rings (SSSR count). The summed E-state index contributed by atoms with van der Waals surface area (Å²) in [5.41, 5.74) is 1.06. The molecular weight excluding hydrogens is 459 g/mol. The number of ether oxygens (including phenoxy) is 2. The first kappa shape index (κ1) is 23.3. The predicted molar refractivity (Wildman–Crippen MR) is 118 cm³/mol. The quantitative estimate of drug-likeness (QED) is 0.202.